The second kappa shape index (κ2) is 6.84. The zero-order chi connectivity index (χ0) is 19.0. The number of rotatable bonds is 3. The van der Waals surface area contributed by atoms with Crippen LogP contribution in [0.1, 0.15) is 27.2 Å². The molecule has 0 unspecified atom stereocenters. The van der Waals surface area contributed by atoms with Crippen molar-refractivity contribution >= 4 is 17.9 Å². The summed E-state index contributed by atoms with van der Waals surface area (Å²) in [6.45, 7) is 5.38. The van der Waals surface area contributed by atoms with E-state index < -0.39 is 5.82 Å². The SMILES string of the molecule is Cc1cnc(-c2cccc(C=O)c2F)cc1-n1c(C)cc(C)c(Cl)c1=O. The van der Waals surface area contributed by atoms with Crippen LogP contribution in [0.25, 0.3) is 16.9 Å². The van der Waals surface area contributed by atoms with Crippen LogP contribution >= 0.6 is 11.6 Å². The van der Waals surface area contributed by atoms with Gasteiger partial charge in [0.25, 0.3) is 5.56 Å². The second-order valence-electron chi connectivity index (χ2n) is 6.11. The molecule has 0 N–H and O–H groups in total. The first-order valence-corrected chi connectivity index (χ1v) is 8.32. The van der Waals surface area contributed by atoms with Gasteiger partial charge in [-0.2, -0.15) is 0 Å². The minimum Gasteiger partial charge on any atom is -0.298 e. The van der Waals surface area contributed by atoms with E-state index in [4.69, 9.17) is 11.6 Å². The molecule has 1 aromatic carbocycles. The number of carbonyl (C=O) groups excluding carboxylic acids is 1. The molecule has 26 heavy (non-hydrogen) atoms. The zero-order valence-corrected chi connectivity index (χ0v) is 15.3. The molecule has 2 aromatic heterocycles. The molecule has 3 aromatic rings. The quantitative estimate of drug-likeness (QED) is 0.641. The fourth-order valence-electron chi connectivity index (χ4n) is 2.91. The third kappa shape index (κ3) is 2.95. The molecule has 0 aliphatic rings. The maximum atomic E-state index is 14.5. The molecule has 0 spiro atoms. The summed E-state index contributed by atoms with van der Waals surface area (Å²) in [6, 6.07) is 7.97. The summed E-state index contributed by atoms with van der Waals surface area (Å²) in [5.74, 6) is -0.643. The average Bonchev–Trinajstić information content (AvgIpc) is 2.62. The van der Waals surface area contributed by atoms with Gasteiger partial charge < -0.3 is 0 Å². The number of hydrogen-bond acceptors (Lipinski definition) is 3. The maximum Gasteiger partial charge on any atom is 0.274 e. The van der Waals surface area contributed by atoms with Crippen LogP contribution < -0.4 is 5.56 Å². The Labute approximate surface area is 154 Å². The second-order valence-corrected chi connectivity index (χ2v) is 6.48. The van der Waals surface area contributed by atoms with Crippen LogP contribution in [0, 0.1) is 26.6 Å². The largest absolute Gasteiger partial charge is 0.298 e. The number of benzene rings is 1. The molecule has 0 radical (unpaired) electrons. The average molecular weight is 371 g/mol. The Morgan fingerprint density at radius 3 is 2.58 bits per heavy atom. The van der Waals surface area contributed by atoms with Crippen molar-refractivity contribution in [3.8, 4) is 16.9 Å². The van der Waals surface area contributed by atoms with Crippen LogP contribution in [0.4, 0.5) is 4.39 Å². The highest BCUT2D eigenvalue weighted by molar-refractivity contribution is 6.31. The molecular formula is C20H16ClFN2O2. The topological polar surface area (TPSA) is 52.0 Å². The van der Waals surface area contributed by atoms with Crippen molar-refractivity contribution < 1.29 is 9.18 Å². The van der Waals surface area contributed by atoms with E-state index in [0.29, 0.717) is 28.9 Å². The smallest absolute Gasteiger partial charge is 0.274 e. The highest BCUT2D eigenvalue weighted by atomic mass is 35.5. The fourth-order valence-corrected chi connectivity index (χ4v) is 3.05. The highest BCUT2D eigenvalue weighted by Gasteiger charge is 2.16. The van der Waals surface area contributed by atoms with Crippen molar-refractivity contribution in [1.82, 2.24) is 9.55 Å². The summed E-state index contributed by atoms with van der Waals surface area (Å²) in [5.41, 5.74) is 2.85. The van der Waals surface area contributed by atoms with E-state index >= 15 is 0 Å². The Balaban J connectivity index is 2.28. The van der Waals surface area contributed by atoms with Crippen molar-refractivity contribution in [2.45, 2.75) is 20.8 Å². The van der Waals surface area contributed by atoms with Gasteiger partial charge in [0.15, 0.2) is 6.29 Å². The van der Waals surface area contributed by atoms with E-state index in [9.17, 15) is 14.0 Å². The van der Waals surface area contributed by atoms with E-state index in [0.717, 1.165) is 5.56 Å². The minimum atomic E-state index is -0.643. The lowest BCUT2D eigenvalue weighted by Gasteiger charge is -2.15. The van der Waals surface area contributed by atoms with Gasteiger partial charge in [0.1, 0.15) is 10.8 Å². The van der Waals surface area contributed by atoms with Crippen molar-refractivity contribution in [2.75, 3.05) is 0 Å². The van der Waals surface area contributed by atoms with Gasteiger partial charge in [-0.1, -0.05) is 17.7 Å². The van der Waals surface area contributed by atoms with Crippen LogP contribution in [0.5, 0.6) is 0 Å². The van der Waals surface area contributed by atoms with Crippen LogP contribution in [-0.4, -0.2) is 15.8 Å². The summed E-state index contributed by atoms with van der Waals surface area (Å²) < 4.78 is 16.0. The molecule has 0 saturated heterocycles. The summed E-state index contributed by atoms with van der Waals surface area (Å²) >= 11 is 6.13. The van der Waals surface area contributed by atoms with E-state index in [1.165, 1.54) is 10.6 Å². The number of halogens is 2. The molecule has 0 aliphatic carbocycles. The minimum absolute atomic E-state index is 0.0434. The molecule has 3 rings (SSSR count). The zero-order valence-electron chi connectivity index (χ0n) is 14.5. The number of hydrogen-bond donors (Lipinski definition) is 0. The fraction of sp³-hybridized carbons (Fsp3) is 0.150. The van der Waals surface area contributed by atoms with Gasteiger partial charge in [-0.05, 0) is 56.2 Å². The van der Waals surface area contributed by atoms with Crippen molar-refractivity contribution in [2.24, 2.45) is 0 Å². The number of aromatic nitrogens is 2. The first kappa shape index (κ1) is 18.0. The lowest BCUT2D eigenvalue weighted by atomic mass is 10.1. The molecule has 6 heteroatoms. The van der Waals surface area contributed by atoms with Crippen molar-refractivity contribution in [3.63, 3.8) is 0 Å². The van der Waals surface area contributed by atoms with E-state index in [1.807, 2.05) is 13.0 Å². The Bertz CT molecular complexity index is 1090. The van der Waals surface area contributed by atoms with Crippen LogP contribution in [0.15, 0.2) is 41.3 Å². The van der Waals surface area contributed by atoms with Gasteiger partial charge >= 0.3 is 0 Å². The summed E-state index contributed by atoms with van der Waals surface area (Å²) in [7, 11) is 0. The number of pyridine rings is 2. The van der Waals surface area contributed by atoms with Crippen LogP contribution in [0.3, 0.4) is 0 Å². The molecule has 2 heterocycles. The van der Waals surface area contributed by atoms with E-state index in [-0.39, 0.29) is 21.7 Å². The van der Waals surface area contributed by atoms with Crippen LogP contribution in [-0.2, 0) is 0 Å². The predicted molar refractivity (Wildman–Crippen MR) is 99.8 cm³/mol. The van der Waals surface area contributed by atoms with E-state index in [1.54, 1.807) is 38.2 Å². The molecule has 0 bridgehead atoms. The third-order valence-corrected chi connectivity index (χ3v) is 4.72. The molecule has 0 fully saturated rings. The Morgan fingerprint density at radius 2 is 1.88 bits per heavy atom. The highest BCUT2D eigenvalue weighted by Crippen LogP contribution is 2.26. The third-order valence-electron chi connectivity index (χ3n) is 4.26. The molecule has 0 amide bonds. The Kier molecular flexibility index (Phi) is 4.74. The number of nitrogens with zero attached hydrogens (tertiary/aromatic N) is 2. The van der Waals surface area contributed by atoms with Gasteiger partial charge in [-0.3, -0.25) is 19.1 Å². The lowest BCUT2D eigenvalue weighted by Crippen LogP contribution is -2.22. The maximum absolute atomic E-state index is 14.5. The molecular weight excluding hydrogens is 355 g/mol. The number of aryl methyl sites for hydroxylation is 3. The molecule has 0 saturated carbocycles. The summed E-state index contributed by atoms with van der Waals surface area (Å²) in [4.78, 5) is 27.9. The Hall–Kier alpha value is -2.79. The van der Waals surface area contributed by atoms with Crippen molar-refractivity contribution in [1.29, 1.82) is 0 Å². The molecule has 132 valence electrons. The van der Waals surface area contributed by atoms with Gasteiger partial charge in [-0.15, -0.1) is 0 Å². The first-order valence-electron chi connectivity index (χ1n) is 7.95. The molecule has 0 aliphatic heterocycles. The Morgan fingerprint density at radius 1 is 1.15 bits per heavy atom. The normalized spacial score (nSPS) is 10.8. The lowest BCUT2D eigenvalue weighted by molar-refractivity contribution is 0.112. The number of carbonyl (C=O) groups is 1. The summed E-state index contributed by atoms with van der Waals surface area (Å²) in [5, 5.41) is 0.141. The van der Waals surface area contributed by atoms with Gasteiger partial charge in [0, 0.05) is 17.5 Å². The monoisotopic (exact) mass is 370 g/mol. The van der Waals surface area contributed by atoms with E-state index in [2.05, 4.69) is 4.98 Å². The molecule has 4 nitrogen and oxygen atoms in total. The van der Waals surface area contributed by atoms with Crippen molar-refractivity contribution in [3.05, 3.63) is 80.1 Å². The molecule has 0 atom stereocenters. The summed E-state index contributed by atoms with van der Waals surface area (Å²) in [6.07, 6.45) is 2.03. The standard InChI is InChI=1S/C20H16ClFN2O2/c1-11-7-13(3)24(20(26)18(11)21)17-8-16(23-9-12(17)2)15-6-4-5-14(10-25)19(15)22/h4-10H,1-3H3. The van der Waals surface area contributed by atoms with Gasteiger partial charge in [0.05, 0.1) is 16.9 Å². The predicted octanol–water partition coefficient (Wildman–Crippen LogP) is 4.43. The van der Waals surface area contributed by atoms with Crippen LogP contribution in [0.2, 0.25) is 5.02 Å². The number of aldehydes is 1. The van der Waals surface area contributed by atoms with Gasteiger partial charge in [-0.25, -0.2) is 4.39 Å². The first-order chi connectivity index (χ1) is 12.3. The van der Waals surface area contributed by atoms with Gasteiger partial charge in [0.2, 0.25) is 0 Å².